The van der Waals surface area contributed by atoms with Crippen LogP contribution in [0.25, 0.3) is 0 Å². The van der Waals surface area contributed by atoms with Gasteiger partial charge in [-0.1, -0.05) is 0 Å². The molecule has 11 heteroatoms. The molecule has 0 heterocycles. The Labute approximate surface area is 147 Å². The molecule has 1 aromatic carbocycles. The maximum absolute atomic E-state index is 12.9. The van der Waals surface area contributed by atoms with Crippen LogP contribution < -0.4 is 10.0 Å². The molecule has 0 aromatic heterocycles. The first-order valence-corrected chi connectivity index (χ1v) is 9.48. The fourth-order valence-corrected chi connectivity index (χ4v) is 3.37. The van der Waals surface area contributed by atoms with Gasteiger partial charge in [-0.2, -0.15) is 13.2 Å². The van der Waals surface area contributed by atoms with Gasteiger partial charge in [-0.15, -0.1) is 0 Å². The van der Waals surface area contributed by atoms with Crippen molar-refractivity contribution < 1.29 is 36.3 Å². The molecule has 2 rings (SSSR count). The third kappa shape index (κ3) is 5.10. The lowest BCUT2D eigenvalue weighted by Crippen LogP contribution is -2.23. The minimum atomic E-state index is -4.68. The van der Waals surface area contributed by atoms with Crippen molar-refractivity contribution >= 4 is 33.3 Å². The Bertz CT molecular complexity index is 823. The monoisotopic (exact) mass is 394 g/mol. The van der Waals surface area contributed by atoms with E-state index in [-0.39, 0.29) is 24.2 Å². The number of amides is 1. The number of carboxylic acid groups (broad SMARTS) is 1. The number of anilines is 2. The fraction of sp³-hybridized carbons (Fsp3) is 0.467. The van der Waals surface area contributed by atoms with Crippen LogP contribution >= 0.6 is 0 Å². The summed E-state index contributed by atoms with van der Waals surface area (Å²) in [5, 5.41) is 11.3. The maximum Gasteiger partial charge on any atom is 0.416 e. The van der Waals surface area contributed by atoms with E-state index in [4.69, 9.17) is 5.11 Å². The number of carboxylic acids is 1. The molecule has 3 N–H and O–H groups in total. The lowest BCUT2D eigenvalue weighted by molar-refractivity contribution is -0.141. The summed E-state index contributed by atoms with van der Waals surface area (Å²) in [6.07, 6.45) is -3.19. The molecule has 0 bridgehead atoms. The van der Waals surface area contributed by atoms with Gasteiger partial charge in [0.25, 0.3) is 0 Å². The Kier molecular flexibility index (Phi) is 5.49. The van der Waals surface area contributed by atoms with Crippen LogP contribution in [-0.4, -0.2) is 31.7 Å². The molecule has 1 aliphatic rings. The van der Waals surface area contributed by atoms with Crippen molar-refractivity contribution in [1.82, 2.24) is 0 Å². The van der Waals surface area contributed by atoms with E-state index < -0.39 is 45.5 Å². The predicted octanol–water partition coefficient (Wildman–Crippen LogP) is 2.52. The van der Waals surface area contributed by atoms with Crippen molar-refractivity contribution in [2.75, 3.05) is 16.3 Å². The number of hydrogen-bond acceptors (Lipinski definition) is 4. The number of carbonyl (C=O) groups is 2. The molecule has 7 nitrogen and oxygen atoms in total. The molecular formula is C15H17F3N2O5S. The second-order valence-corrected chi connectivity index (χ2v) is 7.92. The van der Waals surface area contributed by atoms with Gasteiger partial charge >= 0.3 is 12.1 Å². The van der Waals surface area contributed by atoms with Crippen molar-refractivity contribution in [2.45, 2.75) is 25.4 Å². The molecule has 0 aliphatic heterocycles. The van der Waals surface area contributed by atoms with Crippen molar-refractivity contribution in [3.63, 3.8) is 0 Å². The third-order valence-corrected chi connectivity index (χ3v) is 4.64. The van der Waals surface area contributed by atoms with Gasteiger partial charge in [-0.05, 0) is 37.5 Å². The molecule has 1 saturated carbocycles. The Morgan fingerprint density at radius 3 is 2.27 bits per heavy atom. The number of halogens is 3. The topological polar surface area (TPSA) is 113 Å². The van der Waals surface area contributed by atoms with Gasteiger partial charge in [-0.3, -0.25) is 14.3 Å². The van der Waals surface area contributed by atoms with Crippen LogP contribution in [0.3, 0.4) is 0 Å². The smallest absolute Gasteiger partial charge is 0.416 e. The van der Waals surface area contributed by atoms with E-state index in [1.165, 1.54) is 0 Å². The summed E-state index contributed by atoms with van der Waals surface area (Å²) < 4.78 is 63.5. The molecule has 2 atom stereocenters. The Morgan fingerprint density at radius 2 is 1.77 bits per heavy atom. The van der Waals surface area contributed by atoms with Gasteiger partial charge in [0.1, 0.15) is 0 Å². The number of sulfonamides is 1. The maximum atomic E-state index is 12.9. The number of nitrogens with one attached hydrogen (secondary N) is 2. The molecular weight excluding hydrogens is 377 g/mol. The Balaban J connectivity index is 2.27. The van der Waals surface area contributed by atoms with E-state index in [1.807, 2.05) is 4.72 Å². The number of benzene rings is 1. The van der Waals surface area contributed by atoms with Crippen LogP contribution in [0, 0.1) is 11.8 Å². The Hall–Kier alpha value is -2.30. The van der Waals surface area contributed by atoms with Crippen molar-refractivity contribution in [1.29, 1.82) is 0 Å². The highest BCUT2D eigenvalue weighted by molar-refractivity contribution is 7.92. The highest BCUT2D eigenvalue weighted by Gasteiger charge is 2.35. The third-order valence-electron chi connectivity index (χ3n) is 4.05. The largest absolute Gasteiger partial charge is 0.481 e. The van der Waals surface area contributed by atoms with E-state index in [0.717, 1.165) is 12.3 Å². The lowest BCUT2D eigenvalue weighted by Gasteiger charge is -2.17. The number of aliphatic carboxylic acids is 1. The zero-order chi connectivity index (χ0) is 19.7. The molecule has 1 aliphatic carbocycles. The summed E-state index contributed by atoms with van der Waals surface area (Å²) in [5.41, 5.74) is -1.60. The van der Waals surface area contributed by atoms with Crippen LogP contribution in [0.5, 0.6) is 0 Å². The first-order chi connectivity index (χ1) is 11.9. The molecule has 144 valence electrons. The summed E-state index contributed by atoms with van der Waals surface area (Å²) in [5.74, 6) is -3.03. The summed E-state index contributed by atoms with van der Waals surface area (Å²) >= 11 is 0. The van der Waals surface area contributed by atoms with Crippen molar-refractivity contribution in [2.24, 2.45) is 11.8 Å². The lowest BCUT2D eigenvalue weighted by atomic mass is 10.0. The molecule has 0 saturated heterocycles. The molecule has 1 fully saturated rings. The summed E-state index contributed by atoms with van der Waals surface area (Å²) in [4.78, 5) is 23.3. The molecule has 0 radical (unpaired) electrons. The van der Waals surface area contributed by atoms with Gasteiger partial charge in [0.05, 0.1) is 29.1 Å². The highest BCUT2D eigenvalue weighted by Crippen LogP contribution is 2.36. The van der Waals surface area contributed by atoms with E-state index in [2.05, 4.69) is 5.32 Å². The zero-order valence-electron chi connectivity index (χ0n) is 13.6. The van der Waals surface area contributed by atoms with Crippen LogP contribution in [0.2, 0.25) is 0 Å². The van der Waals surface area contributed by atoms with E-state index in [0.29, 0.717) is 18.6 Å². The fourth-order valence-electron chi connectivity index (χ4n) is 2.79. The summed E-state index contributed by atoms with van der Waals surface area (Å²) in [7, 11) is -3.78. The highest BCUT2D eigenvalue weighted by atomic mass is 32.2. The molecule has 0 spiro atoms. The van der Waals surface area contributed by atoms with Crippen LogP contribution in [0.4, 0.5) is 24.5 Å². The predicted molar refractivity (Wildman–Crippen MR) is 87.0 cm³/mol. The van der Waals surface area contributed by atoms with Crippen molar-refractivity contribution in [3.8, 4) is 0 Å². The summed E-state index contributed by atoms with van der Waals surface area (Å²) in [6.45, 7) is 0. The standard InChI is InChI=1S/C15H17F3N2O5S/c1-26(24,25)20-11-5-4-10(15(16,17)18)7-12(11)19-13(21)8-2-3-9(6-8)14(22)23/h4-5,7-9,20H,2-3,6H2,1H3,(H,19,21)(H,22,23)/t8-,9+/m1/s1. The minimum Gasteiger partial charge on any atom is -0.481 e. The minimum absolute atomic E-state index is 0.0783. The number of carbonyl (C=O) groups excluding carboxylic acids is 1. The van der Waals surface area contributed by atoms with Gasteiger partial charge in [0, 0.05) is 5.92 Å². The Morgan fingerprint density at radius 1 is 1.15 bits per heavy atom. The second kappa shape index (κ2) is 7.14. The summed E-state index contributed by atoms with van der Waals surface area (Å²) in [6, 6.07) is 2.24. The zero-order valence-corrected chi connectivity index (χ0v) is 14.4. The van der Waals surface area contributed by atoms with E-state index >= 15 is 0 Å². The SMILES string of the molecule is CS(=O)(=O)Nc1ccc(C(F)(F)F)cc1NC(=O)[C@@H]1CC[C@H](C(=O)O)C1. The van der Waals surface area contributed by atoms with Crippen LogP contribution in [0.15, 0.2) is 18.2 Å². The van der Waals surface area contributed by atoms with E-state index in [9.17, 15) is 31.2 Å². The molecule has 0 unspecified atom stereocenters. The molecule has 26 heavy (non-hydrogen) atoms. The average Bonchev–Trinajstić information content (AvgIpc) is 2.96. The normalized spacial score (nSPS) is 20.6. The van der Waals surface area contributed by atoms with Crippen LogP contribution in [-0.2, 0) is 25.8 Å². The van der Waals surface area contributed by atoms with E-state index in [1.54, 1.807) is 0 Å². The quantitative estimate of drug-likeness (QED) is 0.710. The number of hydrogen-bond donors (Lipinski definition) is 3. The molecule has 1 aromatic rings. The average molecular weight is 394 g/mol. The molecule has 1 amide bonds. The van der Waals surface area contributed by atoms with Crippen LogP contribution in [0.1, 0.15) is 24.8 Å². The second-order valence-electron chi connectivity index (χ2n) is 6.17. The van der Waals surface area contributed by atoms with Crippen molar-refractivity contribution in [3.05, 3.63) is 23.8 Å². The number of alkyl halides is 3. The first-order valence-electron chi connectivity index (χ1n) is 7.59. The first kappa shape index (κ1) is 20.0. The number of rotatable bonds is 5. The van der Waals surface area contributed by atoms with Gasteiger partial charge in [-0.25, -0.2) is 8.42 Å². The van der Waals surface area contributed by atoms with Gasteiger partial charge < -0.3 is 10.4 Å². The van der Waals surface area contributed by atoms with Gasteiger partial charge in [0.15, 0.2) is 0 Å². The van der Waals surface area contributed by atoms with Gasteiger partial charge in [0.2, 0.25) is 15.9 Å².